The fourth-order valence-electron chi connectivity index (χ4n) is 4.60. The first-order valence-electron chi connectivity index (χ1n) is 11.6. The molecule has 0 spiro atoms. The lowest BCUT2D eigenvalue weighted by molar-refractivity contribution is 0.0205. The number of anilines is 1. The van der Waals surface area contributed by atoms with Crippen molar-refractivity contribution in [3.63, 3.8) is 0 Å². The molecular weight excluding hydrogens is 457 g/mol. The van der Waals surface area contributed by atoms with Crippen LogP contribution in [-0.2, 0) is 27.5 Å². The fourth-order valence-corrected chi connectivity index (χ4v) is 5.27. The van der Waals surface area contributed by atoms with Crippen LogP contribution >= 0.6 is 0 Å². The minimum absolute atomic E-state index is 0.0193. The van der Waals surface area contributed by atoms with Gasteiger partial charge in [0.2, 0.25) is 0 Å². The summed E-state index contributed by atoms with van der Waals surface area (Å²) in [4.78, 5) is 20.6. The number of rotatable bonds is 4. The summed E-state index contributed by atoms with van der Waals surface area (Å²) in [5.41, 5.74) is 2.65. The minimum Gasteiger partial charge on any atom is -0.444 e. The van der Waals surface area contributed by atoms with Gasteiger partial charge in [0, 0.05) is 32.1 Å². The van der Waals surface area contributed by atoms with Crippen molar-refractivity contribution in [3.05, 3.63) is 53.1 Å². The molecule has 1 aromatic heterocycles. The molecule has 2 aliphatic heterocycles. The van der Waals surface area contributed by atoms with E-state index in [-0.39, 0.29) is 11.0 Å². The highest BCUT2D eigenvalue weighted by Crippen LogP contribution is 2.34. The Kier molecular flexibility index (Phi) is 6.59. The average Bonchev–Trinajstić information content (AvgIpc) is 3.16. The summed E-state index contributed by atoms with van der Waals surface area (Å²) in [5, 5.41) is 0. The third kappa shape index (κ3) is 5.51. The standard InChI is InChI=1S/C25H32FN3O4S/c1-25(2,3)33-24(30)28-10-7-17(8-11-28)19-5-6-20(27-15-19)16-29-12-9-18-13-21(34(4,31)32)14-22(26)23(18)29/h5-6,13-15,17H,7-12,16H2,1-4H3. The average molecular weight is 490 g/mol. The number of nitrogens with zero attached hydrogens (tertiary/aromatic N) is 3. The molecule has 34 heavy (non-hydrogen) atoms. The largest absolute Gasteiger partial charge is 0.444 e. The first-order valence-corrected chi connectivity index (χ1v) is 13.5. The zero-order chi connectivity index (χ0) is 24.7. The molecule has 2 aliphatic rings. The Balaban J connectivity index is 1.38. The second-order valence-electron chi connectivity index (χ2n) is 10.2. The van der Waals surface area contributed by atoms with Crippen LogP contribution in [0.15, 0.2) is 35.4 Å². The molecule has 0 bridgehead atoms. The van der Waals surface area contributed by atoms with Crippen molar-refractivity contribution in [3.8, 4) is 0 Å². The summed E-state index contributed by atoms with van der Waals surface area (Å²) in [7, 11) is -3.45. The van der Waals surface area contributed by atoms with Crippen molar-refractivity contribution in [2.75, 3.05) is 30.8 Å². The topological polar surface area (TPSA) is 79.8 Å². The van der Waals surface area contributed by atoms with E-state index in [0.29, 0.717) is 49.8 Å². The van der Waals surface area contributed by atoms with Gasteiger partial charge in [-0.05, 0) is 75.3 Å². The smallest absolute Gasteiger partial charge is 0.410 e. The lowest BCUT2D eigenvalue weighted by Gasteiger charge is -2.33. The van der Waals surface area contributed by atoms with Gasteiger partial charge in [0.1, 0.15) is 11.4 Å². The van der Waals surface area contributed by atoms with Crippen LogP contribution in [0.2, 0.25) is 0 Å². The third-order valence-electron chi connectivity index (χ3n) is 6.33. The molecule has 1 fully saturated rings. The second kappa shape index (κ2) is 9.17. The minimum atomic E-state index is -3.45. The van der Waals surface area contributed by atoms with Crippen molar-refractivity contribution < 1.29 is 22.3 Å². The number of hydrogen-bond acceptors (Lipinski definition) is 6. The van der Waals surface area contributed by atoms with E-state index < -0.39 is 21.3 Å². The Morgan fingerprint density at radius 2 is 1.88 bits per heavy atom. The molecule has 7 nitrogen and oxygen atoms in total. The third-order valence-corrected chi connectivity index (χ3v) is 7.42. The number of benzene rings is 1. The first kappa shape index (κ1) is 24.4. The Morgan fingerprint density at radius 1 is 1.18 bits per heavy atom. The van der Waals surface area contributed by atoms with Crippen molar-refractivity contribution in [1.29, 1.82) is 0 Å². The maximum atomic E-state index is 14.8. The monoisotopic (exact) mass is 489 g/mol. The Hall–Kier alpha value is -2.68. The molecule has 3 heterocycles. The summed E-state index contributed by atoms with van der Waals surface area (Å²) < 4.78 is 43.8. The maximum absolute atomic E-state index is 14.8. The first-order chi connectivity index (χ1) is 15.9. The Bertz CT molecular complexity index is 1170. The van der Waals surface area contributed by atoms with Gasteiger partial charge >= 0.3 is 6.09 Å². The number of fused-ring (bicyclic) bond motifs is 1. The van der Waals surface area contributed by atoms with Gasteiger partial charge in [-0.1, -0.05) is 6.07 Å². The Morgan fingerprint density at radius 3 is 2.47 bits per heavy atom. The van der Waals surface area contributed by atoms with Crippen molar-refractivity contribution in [1.82, 2.24) is 9.88 Å². The van der Waals surface area contributed by atoms with Crippen molar-refractivity contribution in [2.45, 2.75) is 63.0 Å². The van der Waals surface area contributed by atoms with Gasteiger partial charge in [-0.15, -0.1) is 0 Å². The predicted molar refractivity (Wildman–Crippen MR) is 128 cm³/mol. The lowest BCUT2D eigenvalue weighted by atomic mass is 9.90. The molecule has 0 saturated carbocycles. The van der Waals surface area contributed by atoms with Crippen LogP contribution in [0.5, 0.6) is 0 Å². The molecule has 0 unspecified atom stereocenters. The number of aromatic nitrogens is 1. The van der Waals surface area contributed by atoms with Crippen LogP contribution in [0.3, 0.4) is 0 Å². The quantitative estimate of drug-likeness (QED) is 0.637. The number of carbonyl (C=O) groups excluding carboxylic acids is 1. The highest BCUT2D eigenvalue weighted by Gasteiger charge is 2.28. The van der Waals surface area contributed by atoms with Gasteiger partial charge in [0.25, 0.3) is 0 Å². The van der Waals surface area contributed by atoms with Crippen molar-refractivity contribution >= 4 is 21.6 Å². The SMILES string of the molecule is CC(C)(C)OC(=O)N1CCC(c2ccc(CN3CCc4cc(S(C)(=O)=O)cc(F)c43)nc2)CC1. The number of amides is 1. The van der Waals surface area contributed by atoms with E-state index in [1.807, 2.05) is 37.9 Å². The molecule has 9 heteroatoms. The summed E-state index contributed by atoms with van der Waals surface area (Å²) >= 11 is 0. The molecule has 0 radical (unpaired) electrons. The van der Waals surface area contributed by atoms with Gasteiger partial charge in [-0.25, -0.2) is 17.6 Å². The summed E-state index contributed by atoms with van der Waals surface area (Å²) in [5.74, 6) is -0.177. The van der Waals surface area contributed by atoms with Gasteiger partial charge in [-0.2, -0.15) is 0 Å². The summed E-state index contributed by atoms with van der Waals surface area (Å²) in [6.07, 6.45) is 5.02. The van der Waals surface area contributed by atoms with E-state index in [1.54, 1.807) is 11.0 Å². The number of piperidine rings is 1. The van der Waals surface area contributed by atoms with E-state index >= 15 is 0 Å². The Labute approximate surface area is 200 Å². The lowest BCUT2D eigenvalue weighted by Crippen LogP contribution is -2.41. The van der Waals surface area contributed by atoms with Crippen LogP contribution in [0.1, 0.15) is 56.4 Å². The number of likely N-dealkylation sites (tertiary alicyclic amines) is 1. The number of carbonyl (C=O) groups is 1. The van der Waals surface area contributed by atoms with Crippen LogP contribution in [0, 0.1) is 5.82 Å². The van der Waals surface area contributed by atoms with Crippen LogP contribution in [0.25, 0.3) is 0 Å². The van der Waals surface area contributed by atoms with Gasteiger partial charge in [-0.3, -0.25) is 4.98 Å². The number of sulfone groups is 1. The molecule has 4 rings (SSSR count). The van der Waals surface area contributed by atoms with E-state index in [0.717, 1.165) is 36.4 Å². The van der Waals surface area contributed by atoms with Crippen LogP contribution in [-0.4, -0.2) is 55.9 Å². The molecule has 0 N–H and O–H groups in total. The number of ether oxygens (including phenoxy) is 1. The van der Waals surface area contributed by atoms with Gasteiger partial charge in [0.05, 0.1) is 22.8 Å². The van der Waals surface area contributed by atoms with E-state index in [2.05, 4.69) is 11.1 Å². The van der Waals surface area contributed by atoms with Crippen LogP contribution in [0.4, 0.5) is 14.9 Å². The van der Waals surface area contributed by atoms with E-state index in [9.17, 15) is 17.6 Å². The summed E-state index contributed by atoms with van der Waals surface area (Å²) in [6, 6.07) is 6.72. The van der Waals surface area contributed by atoms with E-state index in [1.165, 1.54) is 0 Å². The molecule has 0 aliphatic carbocycles. The predicted octanol–water partition coefficient (Wildman–Crippen LogP) is 4.30. The zero-order valence-electron chi connectivity index (χ0n) is 20.2. The maximum Gasteiger partial charge on any atom is 0.410 e. The molecule has 1 aromatic carbocycles. The molecule has 1 amide bonds. The van der Waals surface area contributed by atoms with Gasteiger partial charge < -0.3 is 14.5 Å². The van der Waals surface area contributed by atoms with Crippen LogP contribution < -0.4 is 4.90 Å². The molecule has 0 atom stereocenters. The van der Waals surface area contributed by atoms with E-state index in [4.69, 9.17) is 4.74 Å². The number of halogens is 1. The number of pyridine rings is 1. The molecule has 184 valence electrons. The zero-order valence-corrected chi connectivity index (χ0v) is 21.0. The highest BCUT2D eigenvalue weighted by molar-refractivity contribution is 7.90. The molecular formula is C25H32FN3O4S. The molecule has 2 aromatic rings. The second-order valence-corrected chi connectivity index (χ2v) is 12.2. The molecule has 1 saturated heterocycles. The normalized spacial score (nSPS) is 17.1. The summed E-state index contributed by atoms with van der Waals surface area (Å²) in [6.45, 7) is 7.99. The fraction of sp³-hybridized carbons (Fsp3) is 0.520. The highest BCUT2D eigenvalue weighted by atomic mass is 32.2. The van der Waals surface area contributed by atoms with Crippen molar-refractivity contribution in [2.24, 2.45) is 0 Å². The van der Waals surface area contributed by atoms with Gasteiger partial charge in [0.15, 0.2) is 9.84 Å². The number of hydrogen-bond donors (Lipinski definition) is 0.